The topological polar surface area (TPSA) is 110 Å². The first-order valence-corrected chi connectivity index (χ1v) is 12.9. The Labute approximate surface area is 217 Å². The van der Waals surface area contributed by atoms with Crippen molar-refractivity contribution in [1.29, 1.82) is 0 Å². The molecule has 0 saturated heterocycles. The van der Waals surface area contributed by atoms with E-state index in [2.05, 4.69) is 26.2 Å². The molecule has 0 aliphatic carbocycles. The number of hydrogen-bond donors (Lipinski definition) is 2. The number of alkyl carbamates (subject to hydrolysis) is 1. The lowest BCUT2D eigenvalue weighted by atomic mass is 9.72. The third-order valence-electron chi connectivity index (χ3n) is 5.27. The number of nitrogens with one attached hydrogen (secondary N) is 1. The summed E-state index contributed by atoms with van der Waals surface area (Å²) >= 11 is 4.54. The zero-order valence-corrected chi connectivity index (χ0v) is 23.2. The SMILES string of the molecule is CC(C)(C)OC(=O)N[C@H](CN(C(=O)O)c1ncc(Br)s1)C(c1ccc2c(c1)OCCO2)C(C)(C)C. The summed E-state index contributed by atoms with van der Waals surface area (Å²) in [7, 11) is 0. The van der Waals surface area contributed by atoms with Crippen LogP contribution in [0.25, 0.3) is 0 Å². The molecular weight excluding hydrogens is 538 g/mol. The number of halogens is 1. The predicted octanol–water partition coefficient (Wildman–Crippen LogP) is 5.88. The van der Waals surface area contributed by atoms with Crippen molar-refractivity contribution < 1.29 is 28.9 Å². The minimum atomic E-state index is -1.17. The molecule has 35 heavy (non-hydrogen) atoms. The van der Waals surface area contributed by atoms with Crippen molar-refractivity contribution in [2.75, 3.05) is 24.7 Å². The van der Waals surface area contributed by atoms with Gasteiger partial charge >= 0.3 is 12.2 Å². The highest BCUT2D eigenvalue weighted by molar-refractivity contribution is 9.11. The third kappa shape index (κ3) is 7.23. The van der Waals surface area contributed by atoms with Gasteiger partial charge in [-0.3, -0.25) is 4.90 Å². The van der Waals surface area contributed by atoms with E-state index < -0.39 is 23.8 Å². The van der Waals surface area contributed by atoms with Crippen molar-refractivity contribution in [3.63, 3.8) is 0 Å². The van der Waals surface area contributed by atoms with E-state index in [9.17, 15) is 14.7 Å². The second-order valence-electron chi connectivity index (χ2n) is 10.3. The van der Waals surface area contributed by atoms with Gasteiger partial charge < -0.3 is 24.6 Å². The molecule has 2 aromatic rings. The van der Waals surface area contributed by atoms with Crippen molar-refractivity contribution in [3.8, 4) is 11.5 Å². The molecule has 2 N–H and O–H groups in total. The van der Waals surface area contributed by atoms with Gasteiger partial charge in [0, 0.05) is 5.92 Å². The number of ether oxygens (including phenoxy) is 3. The molecule has 0 spiro atoms. The van der Waals surface area contributed by atoms with Crippen LogP contribution in [0.1, 0.15) is 53.0 Å². The first-order chi connectivity index (χ1) is 16.2. The third-order valence-corrected chi connectivity index (χ3v) is 6.77. The summed E-state index contributed by atoms with van der Waals surface area (Å²) in [6.45, 7) is 12.4. The van der Waals surface area contributed by atoms with Crippen LogP contribution in [0.15, 0.2) is 28.2 Å². The molecule has 11 heteroatoms. The second kappa shape index (κ2) is 10.6. The Hall–Kier alpha value is -2.53. The summed E-state index contributed by atoms with van der Waals surface area (Å²) in [5, 5.41) is 13.3. The van der Waals surface area contributed by atoms with Gasteiger partial charge in [-0.25, -0.2) is 14.6 Å². The minimum absolute atomic E-state index is 0.0368. The van der Waals surface area contributed by atoms with Crippen LogP contribution in [0.4, 0.5) is 14.7 Å². The summed E-state index contributed by atoms with van der Waals surface area (Å²) in [4.78, 5) is 30.5. The maximum absolute atomic E-state index is 12.9. The van der Waals surface area contributed by atoms with Crippen LogP contribution in [0.3, 0.4) is 0 Å². The lowest BCUT2D eigenvalue weighted by Crippen LogP contribution is -2.52. The monoisotopic (exact) mass is 569 g/mol. The number of rotatable bonds is 6. The van der Waals surface area contributed by atoms with Crippen LogP contribution in [-0.4, -0.2) is 53.7 Å². The highest BCUT2D eigenvalue weighted by Crippen LogP contribution is 2.42. The summed E-state index contributed by atoms with van der Waals surface area (Å²) in [6, 6.07) is 5.03. The summed E-state index contributed by atoms with van der Waals surface area (Å²) in [5.41, 5.74) is -0.208. The number of carbonyl (C=O) groups is 2. The molecule has 9 nitrogen and oxygen atoms in total. The van der Waals surface area contributed by atoms with Crippen molar-refractivity contribution in [2.24, 2.45) is 5.41 Å². The second-order valence-corrected chi connectivity index (χ2v) is 12.7. The number of anilines is 1. The van der Waals surface area contributed by atoms with Gasteiger partial charge in [0.1, 0.15) is 18.8 Å². The van der Waals surface area contributed by atoms with Gasteiger partial charge in [0.2, 0.25) is 0 Å². The standard InChI is InChI=1S/C24H32BrN3O6S/c1-23(2,3)19(14-7-8-16-17(11-14)33-10-9-32-16)15(27-21(29)34-24(4,5)6)13-28(22(30)31)20-26-12-18(25)35-20/h7-8,11-12,15,19H,9-10,13H2,1-6H3,(H,27,29)(H,30,31)/t15-,19?/m1/s1. The first-order valence-electron chi connectivity index (χ1n) is 11.3. The normalized spacial score (nSPS) is 15.2. The first kappa shape index (κ1) is 27.1. The van der Waals surface area contributed by atoms with Gasteiger partial charge in [0.05, 0.1) is 22.6 Å². The molecule has 0 bridgehead atoms. The van der Waals surface area contributed by atoms with Crippen molar-refractivity contribution in [3.05, 3.63) is 33.7 Å². The number of amides is 2. The number of nitrogens with zero attached hydrogens (tertiary/aromatic N) is 2. The molecule has 192 valence electrons. The average Bonchev–Trinajstić information content (AvgIpc) is 3.15. The van der Waals surface area contributed by atoms with E-state index in [0.29, 0.717) is 33.6 Å². The van der Waals surface area contributed by atoms with Gasteiger partial charge in [-0.2, -0.15) is 0 Å². The van der Waals surface area contributed by atoms with E-state index in [1.165, 1.54) is 11.3 Å². The van der Waals surface area contributed by atoms with Crippen LogP contribution in [0.5, 0.6) is 11.5 Å². The predicted molar refractivity (Wildman–Crippen MR) is 138 cm³/mol. The summed E-state index contributed by atoms with van der Waals surface area (Å²) < 4.78 is 17.7. The fourth-order valence-corrected chi connectivity index (χ4v) is 5.27. The zero-order chi connectivity index (χ0) is 26.0. The number of carbonyl (C=O) groups excluding carboxylic acids is 1. The molecule has 0 fully saturated rings. The van der Waals surface area contributed by atoms with Crippen LogP contribution >= 0.6 is 27.3 Å². The molecule has 2 amide bonds. The number of carboxylic acid groups (broad SMARTS) is 1. The lowest BCUT2D eigenvalue weighted by molar-refractivity contribution is 0.0482. The Bertz CT molecular complexity index is 1060. The van der Waals surface area contributed by atoms with Gasteiger partial charge in [0.15, 0.2) is 16.6 Å². The fraction of sp³-hybridized carbons (Fsp3) is 0.542. The van der Waals surface area contributed by atoms with E-state index in [-0.39, 0.29) is 17.9 Å². The molecule has 1 aromatic heterocycles. The average molecular weight is 571 g/mol. The Morgan fingerprint density at radius 2 is 1.86 bits per heavy atom. The van der Waals surface area contributed by atoms with Crippen LogP contribution in [0.2, 0.25) is 0 Å². The fourth-order valence-electron chi connectivity index (χ4n) is 4.09. The van der Waals surface area contributed by atoms with Crippen LogP contribution in [0, 0.1) is 5.41 Å². The number of thiazole rings is 1. The molecule has 2 atom stereocenters. The summed E-state index contributed by atoms with van der Waals surface area (Å²) in [6.07, 6.45) is -0.244. The van der Waals surface area contributed by atoms with Gasteiger partial charge in [0.25, 0.3) is 0 Å². The van der Waals surface area contributed by atoms with Gasteiger partial charge in [-0.15, -0.1) is 0 Å². The van der Waals surface area contributed by atoms with Gasteiger partial charge in [-0.1, -0.05) is 38.2 Å². The highest BCUT2D eigenvalue weighted by Gasteiger charge is 2.38. The van der Waals surface area contributed by atoms with E-state index in [1.54, 1.807) is 27.0 Å². The number of benzene rings is 1. The Morgan fingerprint density at radius 1 is 1.20 bits per heavy atom. The lowest BCUT2D eigenvalue weighted by Gasteiger charge is -2.39. The van der Waals surface area contributed by atoms with E-state index in [4.69, 9.17) is 14.2 Å². The number of hydrogen-bond acceptors (Lipinski definition) is 7. The zero-order valence-electron chi connectivity index (χ0n) is 20.8. The number of fused-ring (bicyclic) bond motifs is 1. The maximum atomic E-state index is 12.9. The van der Waals surface area contributed by atoms with E-state index >= 15 is 0 Å². The van der Waals surface area contributed by atoms with E-state index in [1.807, 2.05) is 39.0 Å². The smallest absolute Gasteiger partial charge is 0.413 e. The highest BCUT2D eigenvalue weighted by atomic mass is 79.9. The van der Waals surface area contributed by atoms with Crippen molar-refractivity contribution in [2.45, 2.75) is 59.1 Å². The Morgan fingerprint density at radius 3 is 2.40 bits per heavy atom. The molecule has 1 unspecified atom stereocenters. The summed E-state index contributed by atoms with van der Waals surface area (Å²) in [5.74, 6) is 0.971. The molecule has 3 rings (SSSR count). The van der Waals surface area contributed by atoms with E-state index in [0.717, 1.165) is 10.5 Å². The quantitative estimate of drug-likeness (QED) is 0.446. The molecule has 1 aromatic carbocycles. The molecular formula is C24H32BrN3O6S. The maximum Gasteiger partial charge on any atom is 0.413 e. The van der Waals surface area contributed by atoms with Crippen molar-refractivity contribution >= 4 is 44.6 Å². The largest absolute Gasteiger partial charge is 0.486 e. The minimum Gasteiger partial charge on any atom is -0.486 e. The van der Waals surface area contributed by atoms with Crippen LogP contribution in [-0.2, 0) is 4.74 Å². The molecule has 1 aliphatic rings. The molecule has 1 aliphatic heterocycles. The molecule has 0 saturated carbocycles. The van der Waals surface area contributed by atoms with Crippen LogP contribution < -0.4 is 19.7 Å². The molecule has 0 radical (unpaired) electrons. The Kier molecular flexibility index (Phi) is 8.21. The molecule has 2 heterocycles. The van der Waals surface area contributed by atoms with Crippen molar-refractivity contribution in [1.82, 2.24) is 10.3 Å². The number of aromatic nitrogens is 1. The Balaban J connectivity index is 2.04. The van der Waals surface area contributed by atoms with Gasteiger partial charge in [-0.05, 0) is 59.8 Å².